The second-order valence-electron chi connectivity index (χ2n) is 7.72. The molecule has 0 aliphatic heterocycles. The lowest BCUT2D eigenvalue weighted by molar-refractivity contribution is -0.145. The standard InChI is InChI=1S/C28H25BrN2O5S/c1-2-36-26(33)17-23(32)18-37-24-14-12-22(13-15-24)30-28(35)25(16-19-8-10-21(29)11-9-19)31-27(34)20-6-4-3-5-7-20/h3-16H,2,17-18H2,1H3,(H,30,35)(H,31,34)/b25-16-. The molecule has 7 nitrogen and oxygen atoms in total. The Bertz CT molecular complexity index is 1280. The Balaban J connectivity index is 1.67. The van der Waals surface area contributed by atoms with Crippen LogP contribution in [0.5, 0.6) is 0 Å². The minimum Gasteiger partial charge on any atom is -0.466 e. The van der Waals surface area contributed by atoms with Gasteiger partial charge in [0.2, 0.25) is 0 Å². The van der Waals surface area contributed by atoms with E-state index in [0.717, 1.165) is 14.9 Å². The number of thioether (sulfide) groups is 1. The van der Waals surface area contributed by atoms with E-state index in [4.69, 9.17) is 4.74 Å². The number of amides is 2. The molecule has 0 radical (unpaired) electrons. The Morgan fingerprint density at radius 2 is 1.59 bits per heavy atom. The van der Waals surface area contributed by atoms with E-state index in [1.807, 2.05) is 24.3 Å². The van der Waals surface area contributed by atoms with E-state index in [2.05, 4.69) is 26.6 Å². The molecule has 0 atom stereocenters. The van der Waals surface area contributed by atoms with Crippen LogP contribution < -0.4 is 10.6 Å². The number of nitrogens with one attached hydrogen (secondary N) is 2. The van der Waals surface area contributed by atoms with E-state index in [9.17, 15) is 19.2 Å². The normalized spacial score (nSPS) is 10.9. The largest absolute Gasteiger partial charge is 0.466 e. The Labute approximate surface area is 227 Å². The zero-order valence-corrected chi connectivity index (χ0v) is 22.4. The number of hydrogen-bond donors (Lipinski definition) is 2. The molecule has 190 valence electrons. The first-order valence-electron chi connectivity index (χ1n) is 11.4. The number of benzene rings is 3. The maximum Gasteiger partial charge on any atom is 0.313 e. The third-order valence-electron chi connectivity index (χ3n) is 4.87. The number of carbonyl (C=O) groups is 4. The fourth-order valence-corrected chi connectivity index (χ4v) is 4.11. The van der Waals surface area contributed by atoms with Crippen molar-refractivity contribution in [3.8, 4) is 0 Å². The summed E-state index contributed by atoms with van der Waals surface area (Å²) in [7, 11) is 0. The van der Waals surface area contributed by atoms with Gasteiger partial charge in [-0.15, -0.1) is 11.8 Å². The van der Waals surface area contributed by atoms with Gasteiger partial charge in [-0.3, -0.25) is 19.2 Å². The molecule has 0 aliphatic rings. The highest BCUT2D eigenvalue weighted by Crippen LogP contribution is 2.21. The third-order valence-corrected chi connectivity index (χ3v) is 6.47. The fraction of sp³-hybridized carbons (Fsp3) is 0.143. The second kappa shape index (κ2) is 14.2. The Morgan fingerprint density at radius 1 is 0.919 bits per heavy atom. The van der Waals surface area contributed by atoms with Crippen LogP contribution in [0, 0.1) is 0 Å². The van der Waals surface area contributed by atoms with Crippen LogP contribution in [0.25, 0.3) is 6.08 Å². The van der Waals surface area contributed by atoms with Crippen molar-refractivity contribution in [3.63, 3.8) is 0 Å². The first-order chi connectivity index (χ1) is 17.8. The van der Waals surface area contributed by atoms with Gasteiger partial charge >= 0.3 is 5.97 Å². The lowest BCUT2D eigenvalue weighted by Crippen LogP contribution is -2.30. The van der Waals surface area contributed by atoms with Crippen molar-refractivity contribution in [2.45, 2.75) is 18.2 Å². The van der Waals surface area contributed by atoms with Gasteiger partial charge in [0.25, 0.3) is 11.8 Å². The Kier molecular flexibility index (Phi) is 10.7. The summed E-state index contributed by atoms with van der Waals surface area (Å²) in [6, 6.07) is 22.9. The quantitative estimate of drug-likeness (QED) is 0.135. The highest BCUT2D eigenvalue weighted by atomic mass is 79.9. The van der Waals surface area contributed by atoms with E-state index in [1.54, 1.807) is 67.6 Å². The number of Topliss-reactive ketones (excluding diaryl/α,β-unsaturated/α-hetero) is 1. The zero-order valence-electron chi connectivity index (χ0n) is 20.0. The number of rotatable bonds is 11. The van der Waals surface area contributed by atoms with Crippen LogP contribution in [0.4, 0.5) is 5.69 Å². The molecule has 2 N–H and O–H groups in total. The van der Waals surface area contributed by atoms with Crippen molar-refractivity contribution in [3.05, 3.63) is 100 Å². The van der Waals surface area contributed by atoms with Gasteiger partial charge in [0.1, 0.15) is 12.1 Å². The molecule has 0 bridgehead atoms. The van der Waals surface area contributed by atoms with Gasteiger partial charge in [0, 0.05) is 20.6 Å². The predicted molar refractivity (Wildman–Crippen MR) is 148 cm³/mol. The highest BCUT2D eigenvalue weighted by Gasteiger charge is 2.15. The van der Waals surface area contributed by atoms with Crippen molar-refractivity contribution in [1.29, 1.82) is 0 Å². The molecule has 0 saturated carbocycles. The summed E-state index contributed by atoms with van der Waals surface area (Å²) in [6.07, 6.45) is 1.35. The zero-order chi connectivity index (χ0) is 26.6. The van der Waals surface area contributed by atoms with Crippen LogP contribution in [0.15, 0.2) is 93.9 Å². The van der Waals surface area contributed by atoms with Crippen LogP contribution in [0.1, 0.15) is 29.3 Å². The number of hydrogen-bond acceptors (Lipinski definition) is 6. The monoisotopic (exact) mass is 580 g/mol. The van der Waals surface area contributed by atoms with Gasteiger partial charge in [0.15, 0.2) is 5.78 Å². The number of ether oxygens (including phenoxy) is 1. The molecule has 0 unspecified atom stereocenters. The fourth-order valence-electron chi connectivity index (χ4n) is 3.09. The lowest BCUT2D eigenvalue weighted by atomic mass is 10.1. The van der Waals surface area contributed by atoms with Crippen molar-refractivity contribution in [2.75, 3.05) is 17.7 Å². The van der Waals surface area contributed by atoms with E-state index >= 15 is 0 Å². The highest BCUT2D eigenvalue weighted by molar-refractivity contribution is 9.10. The van der Waals surface area contributed by atoms with Gasteiger partial charge in [-0.05, 0) is 67.1 Å². The minimum absolute atomic E-state index is 0.0826. The van der Waals surface area contributed by atoms with E-state index in [0.29, 0.717) is 11.3 Å². The summed E-state index contributed by atoms with van der Waals surface area (Å²) < 4.78 is 5.68. The molecule has 2 amide bonds. The van der Waals surface area contributed by atoms with Gasteiger partial charge in [-0.2, -0.15) is 0 Å². The summed E-state index contributed by atoms with van der Waals surface area (Å²) >= 11 is 4.68. The van der Waals surface area contributed by atoms with Crippen LogP contribution in [-0.4, -0.2) is 35.9 Å². The summed E-state index contributed by atoms with van der Waals surface area (Å²) in [5.74, 6) is -1.51. The molecule has 0 aliphatic carbocycles. The average Bonchev–Trinajstić information content (AvgIpc) is 2.89. The molecule has 3 aromatic carbocycles. The van der Waals surface area contributed by atoms with Crippen molar-refractivity contribution >= 4 is 63.0 Å². The number of carbonyl (C=O) groups excluding carboxylic acids is 4. The van der Waals surface area contributed by atoms with Crippen LogP contribution in [-0.2, 0) is 19.1 Å². The molecule has 3 rings (SSSR count). The van der Waals surface area contributed by atoms with Crippen molar-refractivity contribution < 1.29 is 23.9 Å². The smallest absolute Gasteiger partial charge is 0.313 e. The van der Waals surface area contributed by atoms with Crippen molar-refractivity contribution in [1.82, 2.24) is 5.32 Å². The molecule has 0 heterocycles. The number of esters is 1. The molecule has 9 heteroatoms. The third kappa shape index (κ3) is 9.36. The number of halogens is 1. The van der Waals surface area contributed by atoms with Gasteiger partial charge in [-0.25, -0.2) is 0 Å². The van der Waals surface area contributed by atoms with Crippen molar-refractivity contribution in [2.24, 2.45) is 0 Å². The molecule has 0 fully saturated rings. The minimum atomic E-state index is -0.530. The Hall–Kier alpha value is -3.69. The molecule has 0 aromatic heterocycles. The van der Waals surface area contributed by atoms with Crippen LogP contribution in [0.3, 0.4) is 0 Å². The molecule has 37 heavy (non-hydrogen) atoms. The Morgan fingerprint density at radius 3 is 2.24 bits per heavy atom. The van der Waals surface area contributed by atoms with Crippen LogP contribution >= 0.6 is 27.7 Å². The molecule has 0 spiro atoms. The van der Waals surface area contributed by atoms with E-state index < -0.39 is 17.8 Å². The molecular formula is C28H25BrN2O5S. The maximum absolute atomic E-state index is 13.1. The number of anilines is 1. The topological polar surface area (TPSA) is 102 Å². The first kappa shape index (κ1) is 27.9. The molecule has 0 saturated heterocycles. The summed E-state index contributed by atoms with van der Waals surface area (Å²) in [6.45, 7) is 1.93. The SMILES string of the molecule is CCOC(=O)CC(=O)CSc1ccc(NC(=O)/C(=C/c2ccc(Br)cc2)NC(=O)c2ccccc2)cc1. The first-order valence-corrected chi connectivity index (χ1v) is 13.2. The maximum atomic E-state index is 13.1. The average molecular weight is 581 g/mol. The summed E-state index contributed by atoms with van der Waals surface area (Å²) in [4.78, 5) is 50.0. The molecular weight excluding hydrogens is 556 g/mol. The van der Waals surface area contributed by atoms with Gasteiger partial charge in [-0.1, -0.05) is 46.3 Å². The van der Waals surface area contributed by atoms with Crippen LogP contribution in [0.2, 0.25) is 0 Å². The number of ketones is 1. The lowest BCUT2D eigenvalue weighted by Gasteiger charge is -2.12. The van der Waals surface area contributed by atoms with E-state index in [-0.39, 0.29) is 30.3 Å². The predicted octanol–water partition coefficient (Wildman–Crippen LogP) is 5.47. The van der Waals surface area contributed by atoms with E-state index in [1.165, 1.54) is 11.8 Å². The summed E-state index contributed by atoms with van der Waals surface area (Å²) in [5, 5.41) is 5.50. The second-order valence-corrected chi connectivity index (χ2v) is 9.68. The summed E-state index contributed by atoms with van der Waals surface area (Å²) in [5.41, 5.74) is 1.76. The molecule has 3 aromatic rings. The van der Waals surface area contributed by atoms with Gasteiger partial charge in [0.05, 0.1) is 12.4 Å². The van der Waals surface area contributed by atoms with Gasteiger partial charge < -0.3 is 15.4 Å².